The first-order chi connectivity index (χ1) is 1.73. The maximum absolute atomic E-state index is 8.67. The van der Waals surface area contributed by atoms with Crippen LogP contribution in [0.15, 0.2) is 0 Å². The molecule has 0 aliphatic heterocycles. The smallest absolute Gasteiger partial charge is 1.00 e. The van der Waals surface area contributed by atoms with Gasteiger partial charge in [-0.1, -0.05) is 0 Å². The van der Waals surface area contributed by atoms with Gasteiger partial charge in [0.05, 0.1) is 0 Å². The molecule has 0 aliphatic rings. The Morgan fingerprint density at radius 2 is 1.60 bits per heavy atom. The Kier molecular flexibility index (Phi) is 7.61. The van der Waals surface area contributed by atoms with E-state index in [0.717, 1.165) is 0 Å². The van der Waals surface area contributed by atoms with E-state index in [1.165, 1.54) is 0 Å². The van der Waals surface area contributed by atoms with Crippen LogP contribution < -0.4 is 0 Å². The van der Waals surface area contributed by atoms with Crippen LogP contribution in [-0.2, 0) is 11.4 Å². The molecule has 0 bridgehead atoms. The first-order valence-electron chi connectivity index (χ1n) is 0.532. The SMILES string of the molecule is O=S(O)O.[Be+2].[H-].[H-]. The maximum atomic E-state index is 8.67. The predicted molar refractivity (Wildman–Crippen MR) is 21.4 cm³/mol. The zero-order valence-corrected chi connectivity index (χ0v) is 3.23. The molecule has 0 radical (unpaired) electrons. The van der Waals surface area contributed by atoms with Crippen molar-refractivity contribution in [3.8, 4) is 0 Å². The van der Waals surface area contributed by atoms with Crippen LogP contribution in [0.25, 0.3) is 0 Å². The molecule has 3 nitrogen and oxygen atoms in total. The fraction of sp³-hybridized carbons (Fsp3) is 0. The molecule has 5 heavy (non-hydrogen) atoms. The van der Waals surface area contributed by atoms with Crippen LogP contribution in [0.1, 0.15) is 2.85 Å². The molecular formula is H4BeO3S. The van der Waals surface area contributed by atoms with E-state index >= 15 is 0 Å². The summed E-state index contributed by atoms with van der Waals surface area (Å²) in [6.07, 6.45) is 0. The molecule has 0 aliphatic carbocycles. The van der Waals surface area contributed by atoms with E-state index in [1.54, 1.807) is 0 Å². The van der Waals surface area contributed by atoms with Gasteiger partial charge >= 0.3 is 10.1 Å². The summed E-state index contributed by atoms with van der Waals surface area (Å²) in [5.74, 6) is 0. The summed E-state index contributed by atoms with van der Waals surface area (Å²) in [6, 6.07) is 0. The van der Waals surface area contributed by atoms with Gasteiger partial charge < -0.3 is 2.85 Å². The number of rotatable bonds is 0. The van der Waals surface area contributed by atoms with E-state index in [4.69, 9.17) is 13.3 Å². The summed E-state index contributed by atoms with van der Waals surface area (Å²) in [7, 11) is 0. The van der Waals surface area contributed by atoms with Gasteiger partial charge in [0.15, 0.2) is 0 Å². The molecule has 0 saturated heterocycles. The van der Waals surface area contributed by atoms with E-state index in [2.05, 4.69) is 0 Å². The molecular weight excluding hydrogens is 89.1 g/mol. The fourth-order valence-electron chi connectivity index (χ4n) is 0. The Morgan fingerprint density at radius 3 is 1.60 bits per heavy atom. The quantitative estimate of drug-likeness (QED) is 0.314. The molecule has 0 unspecified atom stereocenters. The summed E-state index contributed by atoms with van der Waals surface area (Å²) in [6.45, 7) is 0. The molecule has 0 aromatic rings. The van der Waals surface area contributed by atoms with Gasteiger partial charge in [0.2, 0.25) is 0 Å². The van der Waals surface area contributed by atoms with Gasteiger partial charge in [0.1, 0.15) is 0 Å². The molecule has 0 aromatic heterocycles. The molecule has 0 rings (SSSR count). The van der Waals surface area contributed by atoms with E-state index in [9.17, 15) is 0 Å². The van der Waals surface area contributed by atoms with Crippen LogP contribution in [0, 0.1) is 0 Å². The maximum Gasteiger partial charge on any atom is 2.00 e. The van der Waals surface area contributed by atoms with Gasteiger partial charge in [0, 0.05) is 0 Å². The second-order valence-corrected chi connectivity index (χ2v) is 0.692. The van der Waals surface area contributed by atoms with Crippen molar-refractivity contribution in [2.75, 3.05) is 0 Å². The normalized spacial score (nSPS) is 7.00. The van der Waals surface area contributed by atoms with E-state index in [0.29, 0.717) is 0 Å². The van der Waals surface area contributed by atoms with Crippen LogP contribution in [-0.4, -0.2) is 23.4 Å². The van der Waals surface area contributed by atoms with Gasteiger partial charge in [-0.3, -0.25) is 9.11 Å². The molecule has 0 amide bonds. The second-order valence-electron chi connectivity index (χ2n) is 0.231. The van der Waals surface area contributed by atoms with Crippen LogP contribution in [0.2, 0.25) is 0 Å². The van der Waals surface area contributed by atoms with Crippen molar-refractivity contribution >= 4 is 21.5 Å². The molecule has 0 spiro atoms. The van der Waals surface area contributed by atoms with Gasteiger partial charge in [-0.05, 0) is 0 Å². The van der Waals surface area contributed by atoms with Crippen molar-refractivity contribution in [2.45, 2.75) is 0 Å². The van der Waals surface area contributed by atoms with Crippen molar-refractivity contribution in [3.05, 3.63) is 0 Å². The topological polar surface area (TPSA) is 57.5 Å². The molecule has 2 N–H and O–H groups in total. The summed E-state index contributed by atoms with van der Waals surface area (Å²) >= 11 is -2.61. The Hall–Kier alpha value is 0.239. The minimum atomic E-state index is -2.61. The summed E-state index contributed by atoms with van der Waals surface area (Å²) in [5.41, 5.74) is 0. The molecule has 5 heteroatoms. The predicted octanol–water partition coefficient (Wildman–Crippen LogP) is -0.475. The Balaban J connectivity index is -0.0000000150. The number of hydrogen-bond acceptors (Lipinski definition) is 1. The van der Waals surface area contributed by atoms with Crippen LogP contribution in [0.5, 0.6) is 0 Å². The third kappa shape index (κ3) is 372. The van der Waals surface area contributed by atoms with E-state index in [-0.39, 0.29) is 13.0 Å². The zero-order chi connectivity index (χ0) is 3.58. The molecule has 0 atom stereocenters. The van der Waals surface area contributed by atoms with Crippen LogP contribution in [0.3, 0.4) is 0 Å². The van der Waals surface area contributed by atoms with Crippen molar-refractivity contribution in [1.82, 2.24) is 0 Å². The molecule has 0 saturated carbocycles. The third-order valence-electron chi connectivity index (χ3n) is 0. The largest absolute Gasteiger partial charge is 2.00 e. The molecule has 30 valence electrons. The Bertz CT molecular complexity index is 35.9. The summed E-state index contributed by atoms with van der Waals surface area (Å²) in [4.78, 5) is 0. The van der Waals surface area contributed by atoms with Crippen molar-refractivity contribution in [3.63, 3.8) is 0 Å². The minimum absolute atomic E-state index is 0. The van der Waals surface area contributed by atoms with Gasteiger partial charge in [-0.15, -0.1) is 0 Å². The van der Waals surface area contributed by atoms with E-state index < -0.39 is 11.4 Å². The van der Waals surface area contributed by atoms with Crippen molar-refractivity contribution in [1.29, 1.82) is 0 Å². The van der Waals surface area contributed by atoms with Crippen molar-refractivity contribution in [2.24, 2.45) is 0 Å². The van der Waals surface area contributed by atoms with Gasteiger partial charge in [0.25, 0.3) is 11.4 Å². The molecule has 0 fully saturated rings. The average molecular weight is 93.1 g/mol. The Labute approximate surface area is 38.7 Å². The first-order valence-corrected chi connectivity index (χ1v) is 1.60. The molecule has 0 heterocycles. The van der Waals surface area contributed by atoms with Crippen LogP contribution >= 0.6 is 0 Å². The average Bonchev–Trinajstić information content (AvgIpc) is 0.811. The fourth-order valence-corrected chi connectivity index (χ4v) is 0. The van der Waals surface area contributed by atoms with Crippen molar-refractivity contribution < 1.29 is 16.2 Å². The third-order valence-corrected chi connectivity index (χ3v) is 0. The molecule has 0 aromatic carbocycles. The van der Waals surface area contributed by atoms with Crippen LogP contribution in [0.4, 0.5) is 0 Å². The number of hydrogen-bond donors (Lipinski definition) is 2. The summed E-state index contributed by atoms with van der Waals surface area (Å²) < 4.78 is 22.8. The monoisotopic (exact) mass is 93.0 g/mol. The minimum Gasteiger partial charge on any atom is -1.00 e. The van der Waals surface area contributed by atoms with E-state index in [1.807, 2.05) is 0 Å². The first kappa shape index (κ1) is 8.97. The van der Waals surface area contributed by atoms with Gasteiger partial charge in [-0.25, -0.2) is 0 Å². The Morgan fingerprint density at radius 1 is 1.60 bits per heavy atom. The van der Waals surface area contributed by atoms with Gasteiger partial charge in [-0.2, -0.15) is 4.21 Å². The second kappa shape index (κ2) is 4.24. The standard InChI is InChI=1S/Be.H2O3S.2H/c;1-4(2)3;;/h;(H2,1,2,3);;/q+2;;2*-1. The zero-order valence-electron chi connectivity index (χ0n) is 4.42. The summed E-state index contributed by atoms with van der Waals surface area (Å²) in [5, 5.41) is 0.